The molecule has 1 amide bonds. The van der Waals surface area contributed by atoms with Gasteiger partial charge in [-0.3, -0.25) is 9.20 Å². The number of imidazole rings is 1. The van der Waals surface area contributed by atoms with Crippen LogP contribution < -0.4 is 10.1 Å². The van der Waals surface area contributed by atoms with Crippen molar-refractivity contribution in [3.63, 3.8) is 0 Å². The summed E-state index contributed by atoms with van der Waals surface area (Å²) >= 11 is 0. The molecule has 0 bridgehead atoms. The summed E-state index contributed by atoms with van der Waals surface area (Å²) in [5, 5.41) is 2.53. The van der Waals surface area contributed by atoms with E-state index in [0.29, 0.717) is 30.1 Å². The van der Waals surface area contributed by atoms with E-state index in [9.17, 15) is 18.0 Å². The van der Waals surface area contributed by atoms with Crippen LogP contribution in [-0.2, 0) is 12.6 Å². The lowest BCUT2D eigenvalue weighted by Crippen LogP contribution is -2.17. The average molecular weight is 377 g/mol. The van der Waals surface area contributed by atoms with Gasteiger partial charge in [0.1, 0.15) is 5.69 Å². The van der Waals surface area contributed by atoms with Gasteiger partial charge in [-0.1, -0.05) is 13.0 Å². The van der Waals surface area contributed by atoms with E-state index in [-0.39, 0.29) is 11.4 Å². The predicted molar refractivity (Wildman–Crippen MR) is 95.1 cm³/mol. The molecule has 5 nitrogen and oxygen atoms in total. The van der Waals surface area contributed by atoms with E-state index in [4.69, 9.17) is 4.74 Å². The average Bonchev–Trinajstić information content (AvgIpc) is 3.01. The molecule has 1 aromatic carbocycles. The topological polar surface area (TPSA) is 55.6 Å². The van der Waals surface area contributed by atoms with Crippen molar-refractivity contribution in [2.24, 2.45) is 0 Å². The maximum Gasteiger partial charge on any atom is 0.416 e. The van der Waals surface area contributed by atoms with Gasteiger partial charge >= 0.3 is 6.18 Å². The molecule has 0 spiro atoms. The van der Waals surface area contributed by atoms with Crippen LogP contribution in [0.15, 0.2) is 42.6 Å². The van der Waals surface area contributed by atoms with Gasteiger partial charge in [0, 0.05) is 11.9 Å². The SMILES string of the molecule is CCOc1cccn2c(C(=O)Nc3cccc(C(F)(F)F)c3)c(CC)nc12. The number of benzene rings is 1. The molecule has 3 aromatic rings. The number of hydrogen-bond donors (Lipinski definition) is 1. The highest BCUT2D eigenvalue weighted by atomic mass is 19.4. The van der Waals surface area contributed by atoms with Crippen molar-refractivity contribution >= 4 is 17.2 Å². The molecule has 8 heteroatoms. The number of alkyl halides is 3. The smallest absolute Gasteiger partial charge is 0.416 e. The number of rotatable bonds is 5. The molecule has 3 rings (SSSR count). The number of nitrogens with one attached hydrogen (secondary N) is 1. The molecule has 0 saturated carbocycles. The quantitative estimate of drug-likeness (QED) is 0.709. The monoisotopic (exact) mass is 377 g/mol. The summed E-state index contributed by atoms with van der Waals surface area (Å²) in [6, 6.07) is 7.99. The molecule has 2 aromatic heterocycles. The van der Waals surface area contributed by atoms with Crippen LogP contribution in [0, 0.1) is 0 Å². The van der Waals surface area contributed by atoms with Gasteiger partial charge in [-0.2, -0.15) is 13.2 Å². The molecule has 142 valence electrons. The lowest BCUT2D eigenvalue weighted by molar-refractivity contribution is -0.137. The highest BCUT2D eigenvalue weighted by Crippen LogP contribution is 2.31. The molecule has 1 N–H and O–H groups in total. The second kappa shape index (κ2) is 7.30. The normalized spacial score (nSPS) is 11.6. The first-order valence-corrected chi connectivity index (χ1v) is 8.46. The minimum Gasteiger partial charge on any atom is -0.490 e. The van der Waals surface area contributed by atoms with Gasteiger partial charge in [-0.25, -0.2) is 4.98 Å². The van der Waals surface area contributed by atoms with E-state index in [1.165, 1.54) is 12.1 Å². The Morgan fingerprint density at radius 3 is 2.67 bits per heavy atom. The molecule has 2 heterocycles. The third-order valence-electron chi connectivity index (χ3n) is 3.98. The number of anilines is 1. The lowest BCUT2D eigenvalue weighted by Gasteiger charge is -2.10. The van der Waals surface area contributed by atoms with Gasteiger partial charge in [-0.05, 0) is 43.7 Å². The van der Waals surface area contributed by atoms with E-state index in [1.807, 2.05) is 13.8 Å². The molecule has 0 radical (unpaired) electrons. The van der Waals surface area contributed by atoms with E-state index in [1.54, 1.807) is 22.7 Å². The summed E-state index contributed by atoms with van der Waals surface area (Å²) in [6.45, 7) is 4.14. The van der Waals surface area contributed by atoms with Crippen LogP contribution in [0.25, 0.3) is 5.65 Å². The number of aryl methyl sites for hydroxylation is 1. The minimum atomic E-state index is -4.48. The zero-order valence-corrected chi connectivity index (χ0v) is 14.8. The summed E-state index contributed by atoms with van der Waals surface area (Å²) < 4.78 is 45.8. The zero-order valence-electron chi connectivity index (χ0n) is 14.8. The number of nitrogens with zero attached hydrogens (tertiary/aromatic N) is 2. The van der Waals surface area contributed by atoms with Crippen LogP contribution >= 0.6 is 0 Å². The number of carbonyl (C=O) groups is 1. The first kappa shape index (κ1) is 18.8. The molecule has 0 aliphatic rings. The summed E-state index contributed by atoms with van der Waals surface area (Å²) in [4.78, 5) is 17.3. The number of amides is 1. The molecule has 0 saturated heterocycles. The van der Waals surface area contributed by atoms with Crippen molar-refractivity contribution in [2.75, 3.05) is 11.9 Å². The van der Waals surface area contributed by atoms with Gasteiger partial charge < -0.3 is 10.1 Å². The number of hydrogen-bond acceptors (Lipinski definition) is 3. The summed E-state index contributed by atoms with van der Waals surface area (Å²) in [6.07, 6.45) is -2.32. The third kappa shape index (κ3) is 3.74. The molecule has 0 unspecified atom stereocenters. The van der Waals surface area contributed by atoms with E-state index in [0.717, 1.165) is 12.1 Å². The summed E-state index contributed by atoms with van der Waals surface area (Å²) in [5.74, 6) is 0.000131. The highest BCUT2D eigenvalue weighted by molar-refractivity contribution is 6.04. The Morgan fingerprint density at radius 1 is 1.22 bits per heavy atom. The van der Waals surface area contributed by atoms with Crippen molar-refractivity contribution in [1.82, 2.24) is 9.38 Å². The molecule has 0 fully saturated rings. The van der Waals surface area contributed by atoms with Gasteiger partial charge in [0.25, 0.3) is 5.91 Å². The van der Waals surface area contributed by atoms with Crippen LogP contribution in [-0.4, -0.2) is 21.9 Å². The highest BCUT2D eigenvalue weighted by Gasteiger charge is 2.30. The Balaban J connectivity index is 2.00. The van der Waals surface area contributed by atoms with Gasteiger partial charge in [0.15, 0.2) is 11.4 Å². The fraction of sp³-hybridized carbons (Fsp3) is 0.263. The van der Waals surface area contributed by atoms with E-state index in [2.05, 4.69) is 10.3 Å². The molecular weight excluding hydrogens is 359 g/mol. The Morgan fingerprint density at radius 2 is 2.00 bits per heavy atom. The second-order valence-electron chi connectivity index (χ2n) is 5.79. The molecule has 0 aliphatic heterocycles. The summed E-state index contributed by atoms with van der Waals surface area (Å²) in [5.41, 5.74) is 0.532. The van der Waals surface area contributed by atoms with Crippen molar-refractivity contribution in [1.29, 1.82) is 0 Å². The standard InChI is InChI=1S/C19H18F3N3O2/c1-3-14-16(25-10-6-9-15(27-4-2)17(25)24-14)18(26)23-13-8-5-7-12(11-13)19(20,21)22/h5-11H,3-4H2,1-2H3,(H,23,26). The number of halogens is 3. The lowest BCUT2D eigenvalue weighted by atomic mass is 10.2. The molecule has 0 atom stereocenters. The maximum atomic E-state index is 12.9. The van der Waals surface area contributed by atoms with Crippen molar-refractivity contribution in [2.45, 2.75) is 26.4 Å². The van der Waals surface area contributed by atoms with Crippen LogP contribution in [0.4, 0.5) is 18.9 Å². The second-order valence-corrected chi connectivity index (χ2v) is 5.79. The van der Waals surface area contributed by atoms with Gasteiger partial charge in [0.05, 0.1) is 17.9 Å². The summed E-state index contributed by atoms with van der Waals surface area (Å²) in [7, 11) is 0. The first-order chi connectivity index (χ1) is 12.8. The van der Waals surface area contributed by atoms with Gasteiger partial charge in [0.2, 0.25) is 0 Å². The number of fused-ring (bicyclic) bond motifs is 1. The van der Waals surface area contributed by atoms with Crippen molar-refractivity contribution in [3.05, 3.63) is 59.5 Å². The van der Waals surface area contributed by atoms with E-state index < -0.39 is 17.6 Å². The Kier molecular flexibility index (Phi) is 5.07. The third-order valence-corrected chi connectivity index (χ3v) is 3.98. The Bertz CT molecular complexity index is 980. The zero-order chi connectivity index (χ0) is 19.6. The fourth-order valence-corrected chi connectivity index (χ4v) is 2.81. The van der Waals surface area contributed by atoms with Crippen molar-refractivity contribution in [3.8, 4) is 5.75 Å². The van der Waals surface area contributed by atoms with Crippen LogP contribution in [0.1, 0.15) is 35.6 Å². The number of ether oxygens (including phenoxy) is 1. The maximum absolute atomic E-state index is 12.9. The van der Waals surface area contributed by atoms with E-state index >= 15 is 0 Å². The van der Waals surface area contributed by atoms with Crippen LogP contribution in [0.2, 0.25) is 0 Å². The molecule has 0 aliphatic carbocycles. The Labute approximate surface area is 153 Å². The minimum absolute atomic E-state index is 0.0628. The molecular formula is C19H18F3N3O2. The van der Waals surface area contributed by atoms with Crippen molar-refractivity contribution < 1.29 is 22.7 Å². The number of carbonyl (C=O) groups excluding carboxylic acids is 1. The Hall–Kier alpha value is -3.03. The molecule has 27 heavy (non-hydrogen) atoms. The van der Waals surface area contributed by atoms with Gasteiger partial charge in [-0.15, -0.1) is 0 Å². The fourth-order valence-electron chi connectivity index (χ4n) is 2.81. The largest absolute Gasteiger partial charge is 0.490 e. The van der Waals surface area contributed by atoms with Crippen LogP contribution in [0.5, 0.6) is 5.75 Å². The number of aromatic nitrogens is 2. The predicted octanol–water partition coefficient (Wildman–Crippen LogP) is 4.57. The number of pyridine rings is 1. The first-order valence-electron chi connectivity index (χ1n) is 8.46. The van der Waals surface area contributed by atoms with Crippen LogP contribution in [0.3, 0.4) is 0 Å².